The average molecular weight is 582 g/mol. The largest absolute Gasteiger partial charge is 0.366 e. The van der Waals surface area contributed by atoms with E-state index < -0.39 is 0 Å². The summed E-state index contributed by atoms with van der Waals surface area (Å²) in [5, 5.41) is 8.03. The standard InChI is InChI=1S/C31H29BrN6O/c32-26-20-35-38-28(34-19-22-9-7-15-33-18-22)17-27(36-30(26)38)25-14-8-16-37(21-25)31(39)29(23-10-3-1-4-11-23)24-12-5-2-6-13-24/h1-7,9-13,15,17-18,20,25,29,34H,8,14,16,19,21H2. The number of piperidine rings is 1. The van der Waals surface area contributed by atoms with Gasteiger partial charge in [0, 0.05) is 44.0 Å². The molecule has 1 aliphatic heterocycles. The van der Waals surface area contributed by atoms with Crippen LogP contribution >= 0.6 is 15.9 Å². The SMILES string of the molecule is O=C(C(c1ccccc1)c1ccccc1)N1CCCC(c2cc(NCc3cccnc3)n3ncc(Br)c3n2)C1. The molecule has 39 heavy (non-hydrogen) atoms. The van der Waals surface area contributed by atoms with Gasteiger partial charge in [0.05, 0.1) is 22.3 Å². The van der Waals surface area contributed by atoms with E-state index in [0.29, 0.717) is 13.1 Å². The lowest BCUT2D eigenvalue weighted by Crippen LogP contribution is -2.42. The molecule has 4 heterocycles. The fraction of sp³-hybridized carbons (Fsp3) is 0.226. The molecule has 1 saturated heterocycles. The molecule has 8 heteroatoms. The maximum absolute atomic E-state index is 14.1. The van der Waals surface area contributed by atoms with E-state index in [9.17, 15) is 4.79 Å². The van der Waals surface area contributed by atoms with Crippen molar-refractivity contribution in [2.24, 2.45) is 0 Å². The van der Waals surface area contributed by atoms with Gasteiger partial charge in [-0.15, -0.1) is 0 Å². The first kappa shape index (κ1) is 25.2. The van der Waals surface area contributed by atoms with Crippen LogP contribution < -0.4 is 5.32 Å². The van der Waals surface area contributed by atoms with Crippen LogP contribution in [0.4, 0.5) is 5.82 Å². The molecule has 1 aliphatic rings. The summed E-state index contributed by atoms with van der Waals surface area (Å²) in [4.78, 5) is 25.3. The molecular formula is C31H29BrN6O. The maximum atomic E-state index is 14.1. The lowest BCUT2D eigenvalue weighted by molar-refractivity contribution is -0.133. The van der Waals surface area contributed by atoms with Crippen LogP contribution in [-0.2, 0) is 11.3 Å². The van der Waals surface area contributed by atoms with E-state index in [2.05, 4.69) is 37.4 Å². The quantitative estimate of drug-likeness (QED) is 0.254. The highest BCUT2D eigenvalue weighted by molar-refractivity contribution is 9.10. The van der Waals surface area contributed by atoms with Crippen LogP contribution in [0.3, 0.4) is 0 Å². The zero-order chi connectivity index (χ0) is 26.6. The monoisotopic (exact) mass is 580 g/mol. The molecule has 0 saturated carbocycles. The number of nitrogens with one attached hydrogen (secondary N) is 1. The zero-order valence-electron chi connectivity index (χ0n) is 21.5. The van der Waals surface area contributed by atoms with Crippen molar-refractivity contribution in [1.82, 2.24) is 24.5 Å². The van der Waals surface area contributed by atoms with Crippen LogP contribution in [0.25, 0.3) is 5.65 Å². The number of hydrogen-bond donors (Lipinski definition) is 1. The molecule has 7 nitrogen and oxygen atoms in total. The first-order valence-corrected chi connectivity index (χ1v) is 14.0. The van der Waals surface area contributed by atoms with Gasteiger partial charge in [-0.05, 0) is 51.5 Å². The molecule has 1 fully saturated rings. The molecule has 5 aromatic rings. The van der Waals surface area contributed by atoms with Crippen LogP contribution in [0, 0.1) is 0 Å². The predicted molar refractivity (Wildman–Crippen MR) is 156 cm³/mol. The number of rotatable bonds is 7. The molecule has 1 unspecified atom stereocenters. The molecule has 0 aliphatic carbocycles. The highest BCUT2D eigenvalue weighted by Crippen LogP contribution is 2.33. The highest BCUT2D eigenvalue weighted by atomic mass is 79.9. The van der Waals surface area contributed by atoms with Crippen LogP contribution in [0.15, 0.2) is 102 Å². The van der Waals surface area contributed by atoms with Gasteiger partial charge in [-0.25, -0.2) is 4.98 Å². The predicted octanol–water partition coefficient (Wildman–Crippen LogP) is 6.04. The number of benzene rings is 2. The Morgan fingerprint density at radius 2 is 1.74 bits per heavy atom. The number of aromatic nitrogens is 4. The Morgan fingerprint density at radius 1 is 1.00 bits per heavy atom. The Labute approximate surface area is 236 Å². The normalized spacial score (nSPS) is 15.5. The number of nitrogens with zero attached hydrogens (tertiary/aromatic N) is 5. The van der Waals surface area contributed by atoms with Gasteiger partial charge in [-0.2, -0.15) is 9.61 Å². The van der Waals surface area contributed by atoms with E-state index in [1.165, 1.54) is 0 Å². The third kappa shape index (κ3) is 5.43. The lowest BCUT2D eigenvalue weighted by atomic mass is 9.88. The van der Waals surface area contributed by atoms with Gasteiger partial charge >= 0.3 is 0 Å². The number of halogens is 1. The van der Waals surface area contributed by atoms with Crippen molar-refractivity contribution in [3.05, 3.63) is 124 Å². The number of carbonyl (C=O) groups excluding carboxylic acids is 1. The van der Waals surface area contributed by atoms with Gasteiger partial charge in [0.25, 0.3) is 0 Å². The summed E-state index contributed by atoms with van der Waals surface area (Å²) in [5.41, 5.74) is 4.83. The van der Waals surface area contributed by atoms with Crippen molar-refractivity contribution in [3.63, 3.8) is 0 Å². The molecule has 3 aromatic heterocycles. The van der Waals surface area contributed by atoms with Crippen LogP contribution in [0.2, 0.25) is 0 Å². The van der Waals surface area contributed by atoms with Crippen molar-refractivity contribution in [1.29, 1.82) is 0 Å². The summed E-state index contributed by atoms with van der Waals surface area (Å²) >= 11 is 3.61. The lowest BCUT2D eigenvalue weighted by Gasteiger charge is -2.35. The third-order valence-electron chi connectivity index (χ3n) is 7.31. The van der Waals surface area contributed by atoms with Crippen molar-refractivity contribution < 1.29 is 4.79 Å². The Bertz CT molecular complexity index is 1520. The van der Waals surface area contributed by atoms with Crippen LogP contribution in [0.5, 0.6) is 0 Å². The zero-order valence-corrected chi connectivity index (χ0v) is 23.0. The summed E-state index contributed by atoms with van der Waals surface area (Å²) < 4.78 is 2.65. The highest BCUT2D eigenvalue weighted by Gasteiger charge is 2.32. The van der Waals surface area contributed by atoms with Crippen molar-refractivity contribution >= 4 is 33.3 Å². The maximum Gasteiger partial charge on any atom is 0.234 e. The summed E-state index contributed by atoms with van der Waals surface area (Å²) in [7, 11) is 0. The molecule has 1 amide bonds. The molecule has 0 spiro atoms. The number of hydrogen-bond acceptors (Lipinski definition) is 5. The second-order valence-electron chi connectivity index (χ2n) is 9.89. The second kappa shape index (κ2) is 11.4. The van der Waals surface area contributed by atoms with Gasteiger partial charge in [0.1, 0.15) is 5.82 Å². The second-order valence-corrected chi connectivity index (χ2v) is 10.7. The summed E-state index contributed by atoms with van der Waals surface area (Å²) in [6, 6.07) is 26.2. The number of carbonyl (C=O) groups is 1. The Morgan fingerprint density at radius 3 is 2.44 bits per heavy atom. The number of amides is 1. The number of pyridine rings is 1. The van der Waals surface area contributed by atoms with Gasteiger partial charge in [-0.1, -0.05) is 66.7 Å². The number of likely N-dealkylation sites (tertiary alicyclic amines) is 1. The summed E-state index contributed by atoms with van der Waals surface area (Å²) in [5.74, 6) is 0.793. The first-order valence-electron chi connectivity index (χ1n) is 13.2. The van der Waals surface area contributed by atoms with E-state index in [1.54, 1.807) is 12.4 Å². The average Bonchev–Trinajstić information content (AvgIpc) is 3.38. The molecule has 6 rings (SSSR count). The molecule has 196 valence electrons. The Kier molecular flexibility index (Phi) is 7.36. The summed E-state index contributed by atoms with van der Waals surface area (Å²) in [6.45, 7) is 2.00. The van der Waals surface area contributed by atoms with Crippen molar-refractivity contribution in [2.75, 3.05) is 18.4 Å². The van der Waals surface area contributed by atoms with Gasteiger partial charge < -0.3 is 10.2 Å². The van der Waals surface area contributed by atoms with E-state index >= 15 is 0 Å². The minimum absolute atomic E-state index is 0.126. The van der Waals surface area contributed by atoms with Crippen molar-refractivity contribution in [2.45, 2.75) is 31.2 Å². The minimum atomic E-state index is -0.331. The molecule has 0 radical (unpaired) electrons. The first-order chi connectivity index (χ1) is 19.2. The van der Waals surface area contributed by atoms with E-state index in [0.717, 1.165) is 57.7 Å². The minimum Gasteiger partial charge on any atom is -0.366 e. The molecule has 2 aromatic carbocycles. The molecular weight excluding hydrogens is 552 g/mol. The van der Waals surface area contributed by atoms with E-state index in [4.69, 9.17) is 4.98 Å². The number of anilines is 1. The fourth-order valence-electron chi connectivity index (χ4n) is 5.36. The molecule has 1 N–H and O–H groups in total. The Hall–Kier alpha value is -4.04. The summed E-state index contributed by atoms with van der Waals surface area (Å²) in [6.07, 6.45) is 7.29. The van der Waals surface area contributed by atoms with E-state index in [1.807, 2.05) is 88.4 Å². The van der Waals surface area contributed by atoms with Gasteiger partial charge in [0.15, 0.2) is 5.65 Å². The van der Waals surface area contributed by atoms with Crippen molar-refractivity contribution in [3.8, 4) is 0 Å². The fourth-order valence-corrected chi connectivity index (χ4v) is 5.70. The smallest absolute Gasteiger partial charge is 0.234 e. The topological polar surface area (TPSA) is 75.4 Å². The molecule has 0 bridgehead atoms. The Balaban J connectivity index is 1.28. The van der Waals surface area contributed by atoms with Gasteiger partial charge in [-0.3, -0.25) is 9.78 Å². The number of fused-ring (bicyclic) bond motifs is 1. The van der Waals surface area contributed by atoms with Crippen LogP contribution in [-0.4, -0.2) is 43.5 Å². The van der Waals surface area contributed by atoms with Crippen LogP contribution in [0.1, 0.15) is 47.1 Å². The third-order valence-corrected chi connectivity index (χ3v) is 7.87. The molecule has 1 atom stereocenters. The van der Waals surface area contributed by atoms with Gasteiger partial charge in [0.2, 0.25) is 5.91 Å². The van der Waals surface area contributed by atoms with E-state index in [-0.39, 0.29) is 17.7 Å².